The van der Waals surface area contributed by atoms with E-state index in [9.17, 15) is 17.6 Å². The zero-order valence-electron chi connectivity index (χ0n) is 15.4. The molecule has 1 amide bonds. The highest BCUT2D eigenvalue weighted by Crippen LogP contribution is 2.25. The van der Waals surface area contributed by atoms with Crippen LogP contribution >= 0.6 is 0 Å². The van der Waals surface area contributed by atoms with Gasteiger partial charge in [0.25, 0.3) is 5.91 Å². The SMILES string of the molecule is CN(C)S(=O)(=O)c1cccc(C(=O)N2CCCC2Cc2cccc(F)c2)c1. The molecule has 1 unspecified atom stereocenters. The fourth-order valence-electron chi connectivity index (χ4n) is 3.42. The zero-order chi connectivity index (χ0) is 19.6. The van der Waals surface area contributed by atoms with Crippen LogP contribution < -0.4 is 0 Å². The van der Waals surface area contributed by atoms with Crippen molar-refractivity contribution < 1.29 is 17.6 Å². The van der Waals surface area contributed by atoms with Crippen LogP contribution in [0.2, 0.25) is 0 Å². The summed E-state index contributed by atoms with van der Waals surface area (Å²) in [7, 11) is -0.687. The maximum atomic E-state index is 13.4. The molecule has 0 aliphatic carbocycles. The lowest BCUT2D eigenvalue weighted by Crippen LogP contribution is -2.37. The smallest absolute Gasteiger partial charge is 0.254 e. The highest BCUT2D eigenvalue weighted by Gasteiger charge is 2.30. The van der Waals surface area contributed by atoms with Crippen molar-refractivity contribution in [2.24, 2.45) is 0 Å². The highest BCUT2D eigenvalue weighted by molar-refractivity contribution is 7.89. The first-order chi connectivity index (χ1) is 12.8. The predicted molar refractivity (Wildman–Crippen MR) is 101 cm³/mol. The van der Waals surface area contributed by atoms with Gasteiger partial charge in [0.1, 0.15) is 5.82 Å². The van der Waals surface area contributed by atoms with E-state index in [4.69, 9.17) is 0 Å². The van der Waals surface area contributed by atoms with Crippen LogP contribution in [0.4, 0.5) is 4.39 Å². The molecule has 0 spiro atoms. The van der Waals surface area contributed by atoms with E-state index >= 15 is 0 Å². The second kappa shape index (κ2) is 7.78. The largest absolute Gasteiger partial charge is 0.335 e. The molecule has 1 fully saturated rings. The molecule has 0 bridgehead atoms. The molecule has 1 saturated heterocycles. The number of hydrogen-bond donors (Lipinski definition) is 0. The Morgan fingerprint density at radius 3 is 2.63 bits per heavy atom. The van der Waals surface area contributed by atoms with E-state index in [0.717, 1.165) is 22.7 Å². The molecule has 0 radical (unpaired) electrons. The van der Waals surface area contributed by atoms with Crippen molar-refractivity contribution in [1.82, 2.24) is 9.21 Å². The van der Waals surface area contributed by atoms with E-state index in [0.29, 0.717) is 18.5 Å². The second-order valence-corrected chi connectivity index (χ2v) is 9.10. The van der Waals surface area contributed by atoms with Crippen LogP contribution in [0.5, 0.6) is 0 Å². The van der Waals surface area contributed by atoms with Gasteiger partial charge in [-0.15, -0.1) is 0 Å². The van der Waals surface area contributed by atoms with Crippen molar-refractivity contribution in [3.8, 4) is 0 Å². The van der Waals surface area contributed by atoms with Gasteiger partial charge in [-0.25, -0.2) is 17.1 Å². The average molecular weight is 390 g/mol. The standard InChI is InChI=1S/C20H23FN2O3S/c1-22(2)27(25,26)19-10-4-7-16(14-19)20(24)23-11-5-9-18(23)13-15-6-3-8-17(21)12-15/h3-4,6-8,10,12,14,18H,5,9,11,13H2,1-2H3. The normalized spacial score (nSPS) is 17.5. The molecule has 0 N–H and O–H groups in total. The Labute approximate surface area is 159 Å². The minimum absolute atomic E-state index is 0.0200. The molecule has 1 atom stereocenters. The third kappa shape index (κ3) is 4.20. The molecule has 3 rings (SSSR count). The van der Waals surface area contributed by atoms with Gasteiger partial charge in [0.15, 0.2) is 0 Å². The minimum atomic E-state index is -3.60. The summed E-state index contributed by atoms with van der Waals surface area (Å²) in [6.45, 7) is 0.615. The maximum Gasteiger partial charge on any atom is 0.254 e. The number of benzene rings is 2. The van der Waals surface area contributed by atoms with Crippen LogP contribution in [0, 0.1) is 5.82 Å². The van der Waals surface area contributed by atoms with Crippen LogP contribution in [0.1, 0.15) is 28.8 Å². The fraction of sp³-hybridized carbons (Fsp3) is 0.350. The Morgan fingerprint density at radius 1 is 1.19 bits per heavy atom. The third-order valence-electron chi connectivity index (χ3n) is 4.86. The molecule has 5 nitrogen and oxygen atoms in total. The van der Waals surface area contributed by atoms with E-state index in [1.54, 1.807) is 23.1 Å². The number of carbonyl (C=O) groups is 1. The summed E-state index contributed by atoms with van der Waals surface area (Å²) in [4.78, 5) is 14.9. The molecule has 7 heteroatoms. The number of amides is 1. The second-order valence-electron chi connectivity index (χ2n) is 6.94. The topological polar surface area (TPSA) is 57.7 Å². The summed E-state index contributed by atoms with van der Waals surface area (Å²) < 4.78 is 39.2. The summed E-state index contributed by atoms with van der Waals surface area (Å²) in [5, 5.41) is 0. The van der Waals surface area contributed by atoms with Gasteiger partial charge in [-0.1, -0.05) is 18.2 Å². The Hall–Kier alpha value is -2.25. The molecular formula is C20H23FN2O3S. The lowest BCUT2D eigenvalue weighted by atomic mass is 10.0. The van der Waals surface area contributed by atoms with Crippen molar-refractivity contribution in [1.29, 1.82) is 0 Å². The van der Waals surface area contributed by atoms with E-state index < -0.39 is 10.0 Å². The Morgan fingerprint density at radius 2 is 1.93 bits per heavy atom. The average Bonchev–Trinajstić information content (AvgIpc) is 3.09. The predicted octanol–water partition coefficient (Wildman–Crippen LogP) is 2.92. The number of nitrogens with zero attached hydrogens (tertiary/aromatic N) is 2. The van der Waals surface area contributed by atoms with Crippen LogP contribution in [0.15, 0.2) is 53.4 Å². The first-order valence-corrected chi connectivity index (χ1v) is 10.3. The van der Waals surface area contributed by atoms with Crippen molar-refractivity contribution in [2.75, 3.05) is 20.6 Å². The summed E-state index contributed by atoms with van der Waals surface area (Å²) in [5.41, 5.74) is 1.20. The van der Waals surface area contributed by atoms with Crippen molar-refractivity contribution >= 4 is 15.9 Å². The number of halogens is 1. The van der Waals surface area contributed by atoms with Crippen LogP contribution in [-0.2, 0) is 16.4 Å². The van der Waals surface area contributed by atoms with Gasteiger partial charge in [0.05, 0.1) is 4.90 Å². The van der Waals surface area contributed by atoms with Crippen LogP contribution in [0.25, 0.3) is 0 Å². The van der Waals surface area contributed by atoms with Crippen LogP contribution in [0.3, 0.4) is 0 Å². The highest BCUT2D eigenvalue weighted by atomic mass is 32.2. The molecule has 1 aliphatic rings. The van der Waals surface area contributed by atoms with Gasteiger partial charge in [-0.05, 0) is 55.2 Å². The lowest BCUT2D eigenvalue weighted by Gasteiger charge is -2.25. The lowest BCUT2D eigenvalue weighted by molar-refractivity contribution is 0.0736. The van der Waals surface area contributed by atoms with Gasteiger partial charge in [-0.2, -0.15) is 0 Å². The molecular weight excluding hydrogens is 367 g/mol. The molecule has 1 heterocycles. The number of sulfonamides is 1. The summed E-state index contributed by atoms with van der Waals surface area (Å²) in [6.07, 6.45) is 2.30. The first-order valence-electron chi connectivity index (χ1n) is 8.87. The zero-order valence-corrected chi connectivity index (χ0v) is 16.2. The molecule has 2 aromatic rings. The first kappa shape index (κ1) is 19.5. The fourth-order valence-corrected chi connectivity index (χ4v) is 4.37. The maximum absolute atomic E-state index is 13.4. The van der Waals surface area contributed by atoms with Crippen molar-refractivity contribution in [3.05, 3.63) is 65.5 Å². The van der Waals surface area contributed by atoms with Gasteiger partial charge in [0, 0.05) is 32.2 Å². The Bertz CT molecular complexity index is 944. The van der Waals surface area contributed by atoms with E-state index in [1.165, 1.54) is 38.4 Å². The van der Waals surface area contributed by atoms with E-state index in [2.05, 4.69) is 0 Å². The molecule has 0 saturated carbocycles. The molecule has 27 heavy (non-hydrogen) atoms. The summed E-state index contributed by atoms with van der Waals surface area (Å²) in [6, 6.07) is 12.5. The summed E-state index contributed by atoms with van der Waals surface area (Å²) >= 11 is 0. The van der Waals surface area contributed by atoms with Gasteiger partial charge < -0.3 is 4.90 Å². The summed E-state index contributed by atoms with van der Waals surface area (Å²) in [5.74, 6) is -0.477. The molecule has 1 aliphatic heterocycles. The number of carbonyl (C=O) groups excluding carboxylic acids is 1. The molecule has 2 aromatic carbocycles. The molecule has 0 aromatic heterocycles. The number of hydrogen-bond acceptors (Lipinski definition) is 3. The minimum Gasteiger partial charge on any atom is -0.335 e. The van der Waals surface area contributed by atoms with Gasteiger partial charge >= 0.3 is 0 Å². The Kier molecular flexibility index (Phi) is 5.62. The third-order valence-corrected chi connectivity index (χ3v) is 6.67. The Balaban J connectivity index is 1.82. The van der Waals surface area contributed by atoms with Crippen molar-refractivity contribution in [3.63, 3.8) is 0 Å². The number of likely N-dealkylation sites (tertiary alicyclic amines) is 1. The van der Waals surface area contributed by atoms with E-state index in [1.807, 2.05) is 6.07 Å². The monoisotopic (exact) mass is 390 g/mol. The van der Waals surface area contributed by atoms with Gasteiger partial charge in [0.2, 0.25) is 10.0 Å². The number of rotatable bonds is 5. The quantitative estimate of drug-likeness (QED) is 0.789. The van der Waals surface area contributed by atoms with Gasteiger partial charge in [-0.3, -0.25) is 4.79 Å². The van der Waals surface area contributed by atoms with E-state index in [-0.39, 0.29) is 22.7 Å². The molecule has 144 valence electrons. The van der Waals surface area contributed by atoms with Crippen LogP contribution in [-0.4, -0.2) is 50.2 Å². The van der Waals surface area contributed by atoms with Crippen molar-refractivity contribution in [2.45, 2.75) is 30.2 Å².